The Morgan fingerprint density at radius 1 is 0.936 bits per heavy atom. The number of likely N-dealkylation sites (tertiary alicyclic amines) is 1. The molecule has 0 bridgehead atoms. The van der Waals surface area contributed by atoms with Gasteiger partial charge in [-0.25, -0.2) is 24.9 Å². The van der Waals surface area contributed by atoms with E-state index in [4.69, 9.17) is 25.5 Å². The quantitative estimate of drug-likeness (QED) is 0.198. The van der Waals surface area contributed by atoms with Crippen LogP contribution in [0.15, 0.2) is 84.0 Å². The molecule has 0 aliphatic carbocycles. The van der Waals surface area contributed by atoms with Gasteiger partial charge in [0.2, 0.25) is 5.82 Å². The summed E-state index contributed by atoms with van der Waals surface area (Å²) in [4.78, 5) is 24.8. The van der Waals surface area contributed by atoms with Gasteiger partial charge in [-0.2, -0.15) is 5.26 Å². The van der Waals surface area contributed by atoms with Crippen molar-refractivity contribution in [1.82, 2.24) is 39.5 Å². The average molecular weight is 630 g/mol. The third-order valence-corrected chi connectivity index (χ3v) is 7.61. The lowest BCUT2D eigenvalue weighted by molar-refractivity contribution is 0.211. The Labute approximate surface area is 274 Å². The first-order valence-electron chi connectivity index (χ1n) is 16.0. The van der Waals surface area contributed by atoms with Crippen molar-refractivity contribution < 1.29 is 4.52 Å². The van der Waals surface area contributed by atoms with E-state index in [1.807, 2.05) is 62.6 Å². The molecule has 0 spiro atoms. The van der Waals surface area contributed by atoms with Gasteiger partial charge < -0.3 is 15.6 Å². The minimum absolute atomic E-state index is 0.178. The van der Waals surface area contributed by atoms with Gasteiger partial charge in [0.25, 0.3) is 0 Å². The van der Waals surface area contributed by atoms with Gasteiger partial charge in [-0.3, -0.25) is 9.47 Å². The molecule has 0 radical (unpaired) electrons. The Balaban J connectivity index is 0.00000105. The molecule has 1 saturated heterocycles. The van der Waals surface area contributed by atoms with Crippen molar-refractivity contribution in [2.75, 3.05) is 24.1 Å². The number of nitrogen functional groups attached to an aromatic ring is 1. The summed E-state index contributed by atoms with van der Waals surface area (Å²) < 4.78 is 7.06. The third-order valence-electron chi connectivity index (χ3n) is 7.61. The van der Waals surface area contributed by atoms with Crippen LogP contribution in [0.3, 0.4) is 0 Å². The molecule has 6 aromatic rings. The fourth-order valence-electron chi connectivity index (χ4n) is 5.43. The van der Waals surface area contributed by atoms with Gasteiger partial charge in [0.1, 0.15) is 29.5 Å². The molecule has 1 aliphatic heterocycles. The Bertz CT molecular complexity index is 1920. The van der Waals surface area contributed by atoms with Gasteiger partial charge in [-0.15, -0.1) is 0 Å². The number of hydrogen-bond acceptors (Lipinski definition) is 11. The number of piperidine rings is 1. The van der Waals surface area contributed by atoms with E-state index in [1.165, 1.54) is 5.56 Å². The number of nitrogens with two attached hydrogens (primary N) is 1. The number of anilines is 2. The molecule has 240 valence electrons. The summed E-state index contributed by atoms with van der Waals surface area (Å²) in [7, 11) is 0. The van der Waals surface area contributed by atoms with Gasteiger partial charge in [0, 0.05) is 43.8 Å². The van der Waals surface area contributed by atoms with Crippen molar-refractivity contribution in [2.24, 2.45) is 0 Å². The molecule has 12 nitrogen and oxygen atoms in total. The summed E-state index contributed by atoms with van der Waals surface area (Å²) in [5.41, 5.74) is 12.1. The Morgan fingerprint density at radius 3 is 2.43 bits per heavy atom. The second-order valence-electron chi connectivity index (χ2n) is 10.4. The molecule has 1 aliphatic rings. The van der Waals surface area contributed by atoms with Crippen molar-refractivity contribution in [3.8, 4) is 34.4 Å². The fraction of sp³-hybridized carbons (Fsp3) is 0.286. The number of rotatable bonds is 7. The highest BCUT2D eigenvalue weighted by molar-refractivity contribution is 5.84. The average Bonchev–Trinajstić information content (AvgIpc) is 3.80. The van der Waals surface area contributed by atoms with E-state index in [0.29, 0.717) is 29.1 Å². The Hall–Kier alpha value is -5.67. The van der Waals surface area contributed by atoms with E-state index in [0.717, 1.165) is 60.5 Å². The topological polar surface area (TPSA) is 160 Å². The summed E-state index contributed by atoms with van der Waals surface area (Å²) in [5.74, 6) is 1.95. The number of nitrogens with one attached hydrogen (secondary N) is 1. The third kappa shape index (κ3) is 7.43. The molecule has 1 aromatic carbocycles. The lowest BCUT2D eigenvalue weighted by Crippen LogP contribution is -2.38. The van der Waals surface area contributed by atoms with E-state index in [2.05, 4.69) is 54.6 Å². The van der Waals surface area contributed by atoms with Gasteiger partial charge in [0.15, 0.2) is 11.5 Å². The minimum atomic E-state index is 0.178. The molecule has 3 N–H and O–H groups in total. The number of hydrogen-bond donors (Lipinski definition) is 2. The molecule has 6 heterocycles. The van der Waals surface area contributed by atoms with E-state index >= 15 is 0 Å². The van der Waals surface area contributed by atoms with E-state index in [1.54, 1.807) is 30.9 Å². The number of pyridine rings is 2. The first-order valence-corrected chi connectivity index (χ1v) is 16.0. The number of imidazole rings is 1. The number of nitrogens with zero attached hydrogens (tertiary/aromatic N) is 9. The summed E-state index contributed by atoms with van der Waals surface area (Å²) in [6.45, 7) is 10.8. The number of aromatic nitrogens is 7. The monoisotopic (exact) mass is 629 g/mol. The van der Waals surface area contributed by atoms with Crippen LogP contribution in [0.25, 0.3) is 39.5 Å². The zero-order valence-corrected chi connectivity index (χ0v) is 27.1. The largest absolute Gasteiger partial charge is 0.383 e. The number of fused-ring (bicyclic) bond motifs is 1. The first-order chi connectivity index (χ1) is 23.1. The molecule has 0 amide bonds. The van der Waals surface area contributed by atoms with Crippen molar-refractivity contribution in [1.29, 1.82) is 5.26 Å². The first kappa shape index (κ1) is 32.7. The predicted molar refractivity (Wildman–Crippen MR) is 183 cm³/mol. The molecule has 0 atom stereocenters. The molecule has 12 heteroatoms. The molecule has 0 unspecified atom stereocenters. The van der Waals surface area contributed by atoms with Crippen molar-refractivity contribution in [3.63, 3.8) is 0 Å². The van der Waals surface area contributed by atoms with Crippen LogP contribution in [0.5, 0.6) is 0 Å². The van der Waals surface area contributed by atoms with E-state index < -0.39 is 0 Å². The lowest BCUT2D eigenvalue weighted by atomic mass is 10.0. The zero-order chi connectivity index (χ0) is 33.2. The van der Waals surface area contributed by atoms with Crippen LogP contribution >= 0.6 is 0 Å². The van der Waals surface area contributed by atoms with Crippen LogP contribution in [-0.2, 0) is 6.54 Å². The maximum atomic E-state index is 9.05. The van der Waals surface area contributed by atoms with Crippen LogP contribution in [0, 0.1) is 11.3 Å². The minimum Gasteiger partial charge on any atom is -0.383 e. The lowest BCUT2D eigenvalue weighted by Gasteiger charge is -2.32. The maximum Gasteiger partial charge on any atom is 0.234 e. The van der Waals surface area contributed by atoms with Crippen molar-refractivity contribution >= 4 is 22.8 Å². The summed E-state index contributed by atoms with van der Waals surface area (Å²) in [6, 6.07) is 20.2. The van der Waals surface area contributed by atoms with Gasteiger partial charge in [0.05, 0.1) is 23.0 Å². The van der Waals surface area contributed by atoms with Gasteiger partial charge >= 0.3 is 0 Å². The highest BCUT2D eigenvalue weighted by atomic mass is 16.5. The molecule has 7 rings (SSSR count). The van der Waals surface area contributed by atoms with Crippen LogP contribution in [-0.4, -0.2) is 58.7 Å². The Kier molecular flexibility index (Phi) is 10.8. The predicted octanol–water partition coefficient (Wildman–Crippen LogP) is 6.51. The van der Waals surface area contributed by atoms with Crippen LogP contribution in [0.4, 0.5) is 11.6 Å². The standard InChI is InChI=1S/C31H27N11O.2C2H6/c32-16-28-34-13-9-27(40-28)37-22-10-14-41(15-11-22)18-20-3-5-23(6-4-20)42-30(24-2-1-12-35-29(24)33)39-26-8-7-25(38-31(26)42)21-17-36-43-19-21;2*1-2/h1-9,12-13,17,19,22H,10-11,14-15,18H2,(H2,33,35)(H,34,37,40);2*1-2H3. The summed E-state index contributed by atoms with van der Waals surface area (Å²) in [5, 5.41) is 16.3. The zero-order valence-electron chi connectivity index (χ0n) is 27.1. The normalized spacial score (nSPS) is 13.2. The SMILES string of the molecule is CC.CC.N#Cc1nccc(NC2CCN(Cc3ccc(-n4c(-c5cccnc5N)nc5ccc(-c6cnoc6)nc54)cc3)CC2)n1. The molecule has 0 saturated carbocycles. The summed E-state index contributed by atoms with van der Waals surface area (Å²) in [6.07, 6.45) is 8.47. The highest BCUT2D eigenvalue weighted by Gasteiger charge is 2.21. The second kappa shape index (κ2) is 15.6. The van der Waals surface area contributed by atoms with Crippen LogP contribution < -0.4 is 11.1 Å². The smallest absolute Gasteiger partial charge is 0.234 e. The maximum absolute atomic E-state index is 9.05. The second-order valence-corrected chi connectivity index (χ2v) is 10.4. The van der Waals surface area contributed by atoms with Crippen LogP contribution in [0.2, 0.25) is 0 Å². The molecular formula is C35H39N11O. The fourth-order valence-corrected chi connectivity index (χ4v) is 5.43. The summed E-state index contributed by atoms with van der Waals surface area (Å²) >= 11 is 0. The molecule has 47 heavy (non-hydrogen) atoms. The number of nitriles is 1. The van der Waals surface area contributed by atoms with E-state index in [-0.39, 0.29) is 5.82 Å². The van der Waals surface area contributed by atoms with Crippen molar-refractivity contribution in [2.45, 2.75) is 53.1 Å². The van der Waals surface area contributed by atoms with Crippen LogP contribution in [0.1, 0.15) is 51.9 Å². The van der Waals surface area contributed by atoms with E-state index in [9.17, 15) is 0 Å². The molecule has 5 aromatic heterocycles. The molecule has 1 fully saturated rings. The van der Waals surface area contributed by atoms with Gasteiger partial charge in [-0.05, 0) is 60.9 Å². The Morgan fingerprint density at radius 2 is 1.72 bits per heavy atom. The highest BCUT2D eigenvalue weighted by Crippen LogP contribution is 2.32. The van der Waals surface area contributed by atoms with Gasteiger partial charge in [-0.1, -0.05) is 45.0 Å². The van der Waals surface area contributed by atoms with Crippen molar-refractivity contribution in [3.05, 3.63) is 90.8 Å². The molecular weight excluding hydrogens is 590 g/mol. The number of benzene rings is 1.